The van der Waals surface area contributed by atoms with E-state index in [0.29, 0.717) is 19.3 Å². The zero-order valence-electron chi connectivity index (χ0n) is 14.4. The van der Waals surface area contributed by atoms with E-state index in [1.54, 1.807) is 23.1 Å². The highest BCUT2D eigenvalue weighted by Gasteiger charge is 2.30. The van der Waals surface area contributed by atoms with Gasteiger partial charge in [0.1, 0.15) is 0 Å². The largest absolute Gasteiger partial charge is 0.481 e. The molecule has 0 saturated carbocycles. The molecule has 2 atom stereocenters. The molecule has 25 heavy (non-hydrogen) atoms. The molecule has 1 amide bonds. The summed E-state index contributed by atoms with van der Waals surface area (Å²) in [6.07, 6.45) is 4.29. The van der Waals surface area contributed by atoms with Crippen LogP contribution in [-0.2, 0) is 16.0 Å². The van der Waals surface area contributed by atoms with E-state index in [4.69, 9.17) is 5.11 Å². The van der Waals surface area contributed by atoms with Gasteiger partial charge in [0, 0.05) is 42.5 Å². The number of hydrogen-bond acceptors (Lipinski definition) is 5. The Kier molecular flexibility index (Phi) is 8.78. The highest BCUT2D eigenvalue weighted by molar-refractivity contribution is 7.99. The van der Waals surface area contributed by atoms with Crippen LogP contribution < -0.4 is 0 Å². The van der Waals surface area contributed by atoms with E-state index in [-0.39, 0.29) is 24.5 Å². The summed E-state index contributed by atoms with van der Waals surface area (Å²) in [5.41, 5.74) is 0. The maximum atomic E-state index is 12.1. The van der Waals surface area contributed by atoms with Crippen molar-refractivity contribution in [1.82, 2.24) is 4.90 Å². The summed E-state index contributed by atoms with van der Waals surface area (Å²) in [7, 11) is 0. The van der Waals surface area contributed by atoms with Crippen LogP contribution in [0.15, 0.2) is 17.5 Å². The Morgan fingerprint density at radius 3 is 3.00 bits per heavy atom. The number of rotatable bonds is 12. The first kappa shape index (κ1) is 20.3. The maximum absolute atomic E-state index is 12.1. The van der Waals surface area contributed by atoms with Crippen LogP contribution in [0.4, 0.5) is 0 Å². The third kappa shape index (κ3) is 7.38. The number of thiophene rings is 1. The Hall–Kier alpha value is -1.05. The van der Waals surface area contributed by atoms with E-state index in [1.807, 2.05) is 22.4 Å². The SMILES string of the molecule is O=C(O)CCCSCCN1C(=O)CC[C@@H]1CC[C@@H](O)Cc1cccs1. The quantitative estimate of drug-likeness (QED) is 0.541. The summed E-state index contributed by atoms with van der Waals surface area (Å²) in [6, 6.07) is 4.28. The minimum absolute atomic E-state index is 0.209. The molecule has 0 bridgehead atoms. The van der Waals surface area contributed by atoms with Gasteiger partial charge in [-0.05, 0) is 42.9 Å². The van der Waals surface area contributed by atoms with Crippen LogP contribution in [0, 0.1) is 0 Å². The van der Waals surface area contributed by atoms with Gasteiger partial charge >= 0.3 is 5.97 Å². The van der Waals surface area contributed by atoms with E-state index in [0.717, 1.165) is 37.3 Å². The average molecular weight is 386 g/mol. The third-order valence-electron chi connectivity index (χ3n) is 4.46. The molecule has 1 aromatic heterocycles. The number of hydrogen-bond donors (Lipinski definition) is 2. The third-order valence-corrected chi connectivity index (χ3v) is 6.41. The zero-order valence-corrected chi connectivity index (χ0v) is 16.1. The first-order chi connectivity index (χ1) is 12.1. The molecule has 2 rings (SSSR count). The number of carbonyl (C=O) groups is 2. The number of carbonyl (C=O) groups excluding carboxylic acids is 1. The van der Waals surface area contributed by atoms with Crippen LogP contribution in [0.3, 0.4) is 0 Å². The Bertz CT molecular complexity index is 535. The van der Waals surface area contributed by atoms with E-state index in [9.17, 15) is 14.7 Å². The second-order valence-corrected chi connectivity index (χ2v) is 8.66. The van der Waals surface area contributed by atoms with Crippen LogP contribution in [0.1, 0.15) is 43.4 Å². The molecule has 0 unspecified atom stereocenters. The summed E-state index contributed by atoms with van der Waals surface area (Å²) in [4.78, 5) is 25.7. The summed E-state index contributed by atoms with van der Waals surface area (Å²) < 4.78 is 0. The van der Waals surface area contributed by atoms with Gasteiger partial charge in [-0.1, -0.05) is 6.07 Å². The van der Waals surface area contributed by atoms with Crippen molar-refractivity contribution in [1.29, 1.82) is 0 Å². The van der Waals surface area contributed by atoms with Crippen LogP contribution in [-0.4, -0.2) is 57.2 Å². The molecule has 0 aliphatic carbocycles. The molecule has 140 valence electrons. The number of aliphatic hydroxyl groups is 1. The summed E-state index contributed by atoms with van der Waals surface area (Å²) >= 11 is 3.37. The number of aliphatic carboxylic acids is 1. The topological polar surface area (TPSA) is 77.8 Å². The van der Waals surface area contributed by atoms with Crippen LogP contribution in [0.5, 0.6) is 0 Å². The Balaban J connectivity index is 1.65. The number of thioether (sulfide) groups is 1. The monoisotopic (exact) mass is 385 g/mol. The second kappa shape index (κ2) is 10.8. The fourth-order valence-corrected chi connectivity index (χ4v) is 4.79. The van der Waals surface area contributed by atoms with Crippen LogP contribution in [0.25, 0.3) is 0 Å². The van der Waals surface area contributed by atoms with Crippen molar-refractivity contribution < 1.29 is 19.8 Å². The highest BCUT2D eigenvalue weighted by Crippen LogP contribution is 2.24. The van der Waals surface area contributed by atoms with Crippen molar-refractivity contribution in [2.24, 2.45) is 0 Å². The van der Waals surface area contributed by atoms with Crippen molar-refractivity contribution in [3.05, 3.63) is 22.4 Å². The van der Waals surface area contributed by atoms with Crippen molar-refractivity contribution in [3.63, 3.8) is 0 Å². The van der Waals surface area contributed by atoms with Gasteiger partial charge in [0.25, 0.3) is 0 Å². The van der Waals surface area contributed by atoms with Gasteiger partial charge in [0.15, 0.2) is 0 Å². The number of nitrogens with zero attached hydrogens (tertiary/aromatic N) is 1. The average Bonchev–Trinajstić information content (AvgIpc) is 3.19. The predicted molar refractivity (Wildman–Crippen MR) is 102 cm³/mol. The lowest BCUT2D eigenvalue weighted by molar-refractivity contribution is -0.137. The van der Waals surface area contributed by atoms with Gasteiger partial charge in [0.05, 0.1) is 6.10 Å². The maximum Gasteiger partial charge on any atom is 0.303 e. The molecule has 1 fully saturated rings. The Labute approximate surface area is 157 Å². The van der Waals surface area contributed by atoms with Gasteiger partial charge < -0.3 is 15.1 Å². The molecule has 1 aromatic rings. The molecule has 0 aromatic carbocycles. The predicted octanol–water partition coefficient (Wildman–Crippen LogP) is 3.02. The molecular weight excluding hydrogens is 358 g/mol. The van der Waals surface area contributed by atoms with E-state index in [1.165, 1.54) is 4.88 Å². The molecule has 1 saturated heterocycles. The smallest absolute Gasteiger partial charge is 0.303 e. The van der Waals surface area contributed by atoms with E-state index in [2.05, 4.69) is 0 Å². The number of carboxylic acids is 1. The summed E-state index contributed by atoms with van der Waals surface area (Å²) in [6.45, 7) is 0.724. The molecule has 2 heterocycles. The van der Waals surface area contributed by atoms with E-state index < -0.39 is 5.97 Å². The number of likely N-dealkylation sites (tertiary alicyclic amines) is 1. The molecule has 0 radical (unpaired) electrons. The second-order valence-electron chi connectivity index (χ2n) is 6.40. The Morgan fingerprint density at radius 1 is 1.44 bits per heavy atom. The summed E-state index contributed by atoms with van der Waals surface area (Å²) in [5, 5.41) is 20.8. The Morgan fingerprint density at radius 2 is 2.28 bits per heavy atom. The molecular formula is C18H27NO4S2. The van der Waals surface area contributed by atoms with Gasteiger partial charge in [-0.3, -0.25) is 9.59 Å². The van der Waals surface area contributed by atoms with Crippen molar-refractivity contribution >= 4 is 35.0 Å². The summed E-state index contributed by atoms with van der Waals surface area (Å²) in [5.74, 6) is 1.12. The number of amides is 1. The van der Waals surface area contributed by atoms with Crippen LogP contribution in [0.2, 0.25) is 0 Å². The number of carboxylic acid groups (broad SMARTS) is 1. The van der Waals surface area contributed by atoms with Crippen molar-refractivity contribution in [2.75, 3.05) is 18.1 Å². The van der Waals surface area contributed by atoms with Gasteiger partial charge in [0.2, 0.25) is 5.91 Å². The van der Waals surface area contributed by atoms with Crippen molar-refractivity contribution in [2.45, 2.75) is 57.1 Å². The standard InChI is InChI=1S/C18H27NO4S2/c20-15(13-16-3-1-11-25-16)7-5-14-6-8-17(21)19(14)9-12-24-10-2-4-18(22)23/h1,3,11,14-15,20H,2,4-10,12-13H2,(H,22,23)/t14-,15+/m0/s1. The van der Waals surface area contributed by atoms with Gasteiger partial charge in [-0.2, -0.15) is 11.8 Å². The lowest BCUT2D eigenvalue weighted by Crippen LogP contribution is -2.35. The lowest BCUT2D eigenvalue weighted by atomic mass is 10.0. The minimum atomic E-state index is -0.753. The normalized spacial score (nSPS) is 18.7. The first-order valence-electron chi connectivity index (χ1n) is 8.85. The molecule has 0 spiro atoms. The van der Waals surface area contributed by atoms with E-state index >= 15 is 0 Å². The molecule has 5 nitrogen and oxygen atoms in total. The lowest BCUT2D eigenvalue weighted by Gasteiger charge is -2.25. The minimum Gasteiger partial charge on any atom is -0.481 e. The zero-order chi connectivity index (χ0) is 18.1. The molecule has 1 aliphatic rings. The molecule has 1 aliphatic heterocycles. The van der Waals surface area contributed by atoms with Crippen LogP contribution >= 0.6 is 23.1 Å². The first-order valence-corrected chi connectivity index (χ1v) is 10.9. The number of aliphatic hydroxyl groups excluding tert-OH is 1. The fourth-order valence-electron chi connectivity index (χ4n) is 3.14. The highest BCUT2D eigenvalue weighted by atomic mass is 32.2. The van der Waals surface area contributed by atoms with Gasteiger partial charge in [-0.15, -0.1) is 11.3 Å². The fraction of sp³-hybridized carbons (Fsp3) is 0.667. The molecule has 2 N–H and O–H groups in total. The van der Waals surface area contributed by atoms with Crippen molar-refractivity contribution in [3.8, 4) is 0 Å². The van der Waals surface area contributed by atoms with Gasteiger partial charge in [-0.25, -0.2) is 0 Å². The molecule has 7 heteroatoms.